The number of esters is 1. The average molecular weight is 610 g/mol. The van der Waals surface area contributed by atoms with Gasteiger partial charge in [-0.05, 0) is 76.0 Å². The van der Waals surface area contributed by atoms with E-state index in [0.717, 1.165) is 51.4 Å². The summed E-state index contributed by atoms with van der Waals surface area (Å²) < 4.78 is 10.4. The number of benzene rings is 1. The van der Waals surface area contributed by atoms with Crippen LogP contribution in [-0.2, 0) is 14.3 Å². The lowest BCUT2D eigenvalue weighted by molar-refractivity contribution is -0.133. The molecule has 1 aromatic carbocycles. The van der Waals surface area contributed by atoms with Crippen molar-refractivity contribution >= 4 is 23.6 Å². The molecule has 0 radical (unpaired) electrons. The highest BCUT2D eigenvalue weighted by Crippen LogP contribution is 2.22. The highest BCUT2D eigenvalue weighted by atomic mass is 16.5. The minimum atomic E-state index is -0.715. The van der Waals surface area contributed by atoms with Gasteiger partial charge >= 0.3 is 12.0 Å². The van der Waals surface area contributed by atoms with Gasteiger partial charge in [0.15, 0.2) is 0 Å². The van der Waals surface area contributed by atoms with Gasteiger partial charge in [-0.25, -0.2) is 9.59 Å². The van der Waals surface area contributed by atoms with Gasteiger partial charge in [-0.2, -0.15) is 0 Å². The van der Waals surface area contributed by atoms with Crippen LogP contribution in [0.2, 0.25) is 0 Å². The number of phenols is 1. The summed E-state index contributed by atoms with van der Waals surface area (Å²) >= 11 is 0. The van der Waals surface area contributed by atoms with E-state index in [4.69, 9.17) is 4.74 Å². The molecule has 44 heavy (non-hydrogen) atoms. The van der Waals surface area contributed by atoms with Gasteiger partial charge in [0.1, 0.15) is 17.4 Å². The van der Waals surface area contributed by atoms with E-state index in [9.17, 15) is 19.5 Å². The molecule has 9 heteroatoms. The van der Waals surface area contributed by atoms with E-state index in [1.165, 1.54) is 25.3 Å². The van der Waals surface area contributed by atoms with Crippen LogP contribution in [0.5, 0.6) is 5.75 Å². The minimum absolute atomic E-state index is 0.0580. The summed E-state index contributed by atoms with van der Waals surface area (Å²) in [7, 11) is 1.20. The summed E-state index contributed by atoms with van der Waals surface area (Å²) in [5, 5.41) is 17.7. The van der Waals surface area contributed by atoms with Crippen LogP contribution < -0.4 is 16.0 Å². The fourth-order valence-corrected chi connectivity index (χ4v) is 3.88. The molecule has 0 saturated heterocycles. The van der Waals surface area contributed by atoms with E-state index in [2.05, 4.69) is 88.4 Å². The Balaban J connectivity index is 2.12. The Labute approximate surface area is 263 Å². The fraction of sp³-hybridized carbons (Fsp3) is 0.457. The maximum absolute atomic E-state index is 12.4. The number of aromatic hydroxyl groups is 1. The van der Waals surface area contributed by atoms with Crippen molar-refractivity contribution < 1.29 is 29.0 Å². The Kier molecular flexibility index (Phi) is 21.9. The minimum Gasteiger partial charge on any atom is -0.507 e. The molecular weight excluding hydrogens is 558 g/mol. The SMILES string of the molecule is CCC=CCC=CCC=CCC=CCC=CCCCCOC(CC)C(=O)NCCNC(=O)Nc1ccc(O)c(C(=O)OC)c1. The van der Waals surface area contributed by atoms with E-state index in [1.54, 1.807) is 0 Å². The number of methoxy groups -OCH3 is 1. The van der Waals surface area contributed by atoms with Gasteiger partial charge in [-0.3, -0.25) is 4.79 Å². The maximum atomic E-state index is 12.4. The van der Waals surface area contributed by atoms with E-state index in [-0.39, 0.29) is 30.3 Å². The molecule has 0 saturated carbocycles. The van der Waals surface area contributed by atoms with Crippen LogP contribution in [0.3, 0.4) is 0 Å². The normalized spacial score (nSPS) is 12.5. The third kappa shape index (κ3) is 18.4. The fourth-order valence-electron chi connectivity index (χ4n) is 3.88. The van der Waals surface area contributed by atoms with Crippen LogP contribution in [0.1, 0.15) is 82.0 Å². The first-order valence-corrected chi connectivity index (χ1v) is 15.5. The topological polar surface area (TPSA) is 126 Å². The number of nitrogens with one attached hydrogen (secondary N) is 3. The quantitative estimate of drug-likeness (QED) is 0.0479. The number of ether oxygens (including phenoxy) is 2. The molecule has 0 spiro atoms. The second kappa shape index (κ2) is 25.4. The molecule has 0 aliphatic carbocycles. The number of carbonyl (C=O) groups excluding carboxylic acids is 3. The predicted molar refractivity (Wildman–Crippen MR) is 178 cm³/mol. The van der Waals surface area contributed by atoms with E-state index >= 15 is 0 Å². The number of carbonyl (C=O) groups is 3. The van der Waals surface area contributed by atoms with Gasteiger partial charge in [-0.1, -0.05) is 74.6 Å². The molecule has 0 fully saturated rings. The van der Waals surface area contributed by atoms with Crippen molar-refractivity contribution in [2.75, 3.05) is 32.1 Å². The molecule has 1 unspecified atom stereocenters. The van der Waals surface area contributed by atoms with Crippen LogP contribution in [0.25, 0.3) is 0 Å². The lowest BCUT2D eigenvalue weighted by atomic mass is 10.2. The molecule has 0 bridgehead atoms. The summed E-state index contributed by atoms with van der Waals surface area (Å²) in [6.45, 7) is 4.98. The van der Waals surface area contributed by atoms with Crippen LogP contribution in [0, 0.1) is 0 Å². The van der Waals surface area contributed by atoms with Crippen molar-refractivity contribution in [3.8, 4) is 5.75 Å². The zero-order chi connectivity index (χ0) is 32.3. The lowest BCUT2D eigenvalue weighted by Crippen LogP contribution is -2.41. The number of anilines is 1. The van der Waals surface area contributed by atoms with Crippen LogP contribution in [0.4, 0.5) is 10.5 Å². The lowest BCUT2D eigenvalue weighted by Gasteiger charge is -2.16. The zero-order valence-corrected chi connectivity index (χ0v) is 26.6. The first kappa shape index (κ1) is 37.9. The van der Waals surface area contributed by atoms with Crippen molar-refractivity contribution in [1.82, 2.24) is 10.6 Å². The molecule has 0 aromatic heterocycles. The van der Waals surface area contributed by atoms with Crippen molar-refractivity contribution in [3.05, 3.63) is 84.5 Å². The van der Waals surface area contributed by atoms with Crippen molar-refractivity contribution in [2.24, 2.45) is 0 Å². The van der Waals surface area contributed by atoms with Gasteiger partial charge in [-0.15, -0.1) is 0 Å². The van der Waals surface area contributed by atoms with Crippen molar-refractivity contribution in [1.29, 1.82) is 0 Å². The number of rotatable bonds is 22. The van der Waals surface area contributed by atoms with E-state index < -0.39 is 18.1 Å². The monoisotopic (exact) mass is 609 g/mol. The molecule has 1 aromatic rings. The molecule has 0 aliphatic heterocycles. The van der Waals surface area contributed by atoms with Crippen LogP contribution in [-0.4, -0.2) is 55.9 Å². The third-order valence-electron chi connectivity index (χ3n) is 6.27. The van der Waals surface area contributed by atoms with Crippen LogP contribution in [0.15, 0.2) is 79.0 Å². The standard InChI is InChI=1S/C35H51N3O6/c1-4-6-7-8-9-10-11-12-13-14-15-16-17-18-19-20-21-22-27-44-32(5-2)33(40)36-25-26-37-35(42)38-29-23-24-31(39)30(28-29)34(41)43-3/h6-7,9-10,12-13,15-16,18-19,23-24,28,32,39H,4-5,8,11,14,17,20-22,25-27H2,1-3H3,(H,36,40)(H2,37,38,42). The molecular formula is C35H51N3O6. The number of unbranched alkanes of at least 4 members (excludes halogenated alkanes) is 2. The smallest absolute Gasteiger partial charge is 0.341 e. The molecule has 0 heterocycles. The highest BCUT2D eigenvalue weighted by Gasteiger charge is 2.16. The van der Waals surface area contributed by atoms with Crippen molar-refractivity contribution in [2.45, 2.75) is 77.7 Å². The Morgan fingerprint density at radius 2 is 1.41 bits per heavy atom. The summed E-state index contributed by atoms with van der Waals surface area (Å²) in [5.41, 5.74) is 0.253. The Hall–Kier alpha value is -4.11. The predicted octanol–water partition coefficient (Wildman–Crippen LogP) is 7.13. The summed E-state index contributed by atoms with van der Waals surface area (Å²) in [5.74, 6) is -1.18. The molecule has 1 rings (SSSR count). The third-order valence-corrected chi connectivity index (χ3v) is 6.27. The molecule has 1 atom stereocenters. The van der Waals surface area contributed by atoms with Crippen molar-refractivity contribution in [3.63, 3.8) is 0 Å². The average Bonchev–Trinajstić information content (AvgIpc) is 3.02. The summed E-state index contributed by atoms with van der Waals surface area (Å²) in [6, 6.07) is 3.54. The van der Waals surface area contributed by atoms with Gasteiger partial charge in [0.2, 0.25) is 5.91 Å². The Morgan fingerprint density at radius 3 is 2.00 bits per heavy atom. The molecule has 3 amide bonds. The largest absolute Gasteiger partial charge is 0.507 e. The Bertz CT molecular complexity index is 1120. The molecule has 9 nitrogen and oxygen atoms in total. The number of allylic oxidation sites excluding steroid dienone is 10. The number of urea groups is 1. The summed E-state index contributed by atoms with van der Waals surface area (Å²) in [6.07, 6.45) is 29.7. The molecule has 0 aliphatic rings. The Morgan fingerprint density at radius 1 is 0.818 bits per heavy atom. The summed E-state index contributed by atoms with van der Waals surface area (Å²) in [4.78, 5) is 36.2. The zero-order valence-electron chi connectivity index (χ0n) is 26.6. The van der Waals surface area contributed by atoms with E-state index in [1.807, 2.05) is 6.92 Å². The number of amides is 3. The van der Waals surface area contributed by atoms with Gasteiger partial charge < -0.3 is 30.5 Å². The van der Waals surface area contributed by atoms with E-state index in [0.29, 0.717) is 18.7 Å². The van der Waals surface area contributed by atoms with Gasteiger partial charge in [0.25, 0.3) is 0 Å². The van der Waals surface area contributed by atoms with Gasteiger partial charge in [0, 0.05) is 25.4 Å². The first-order valence-electron chi connectivity index (χ1n) is 15.5. The molecule has 242 valence electrons. The number of hydrogen-bond acceptors (Lipinski definition) is 6. The maximum Gasteiger partial charge on any atom is 0.341 e. The second-order valence-corrected chi connectivity index (χ2v) is 9.87. The number of phenolic OH excluding ortho intramolecular Hbond substituents is 1. The van der Waals surface area contributed by atoms with Gasteiger partial charge in [0.05, 0.1) is 7.11 Å². The first-order chi connectivity index (χ1) is 21.4. The number of hydrogen-bond donors (Lipinski definition) is 4. The second-order valence-electron chi connectivity index (χ2n) is 9.87. The van der Waals surface area contributed by atoms with Crippen LogP contribution >= 0.6 is 0 Å². The highest BCUT2D eigenvalue weighted by molar-refractivity contribution is 5.96. The molecule has 4 N–H and O–H groups in total.